The Balaban J connectivity index is 1.15. The zero-order valence-corrected chi connectivity index (χ0v) is 32.5. The maximum atomic E-state index is 13.1. The van der Waals surface area contributed by atoms with Crippen LogP contribution in [0.25, 0.3) is 0 Å². The van der Waals surface area contributed by atoms with E-state index in [1.807, 2.05) is 24.3 Å². The van der Waals surface area contributed by atoms with Gasteiger partial charge >= 0.3 is 5.97 Å². The standard InChI is InChI=1S/C44H67NO5/c1-39(2)22-24-44(19-10-9-14-37(47)45-33(38(48)49)27-29-12-11-13-30(26-29)50-8)25-23-42(6)31(32(44)28-39)15-16-35-41(5)20-18-36(46)40(3,4)34(41)17-21-43(35,42)7/h11-13,15,26,32-36,46H,9-10,14,16-25,27-28H2,1-8H3,(H,45,47)(H,48,49)/t32-,33?,34-,35+,36-,41-,42+,43+,44+/m0/s1. The lowest BCUT2D eigenvalue weighted by atomic mass is 9.33. The van der Waals surface area contributed by atoms with Crippen molar-refractivity contribution in [2.75, 3.05) is 7.11 Å². The smallest absolute Gasteiger partial charge is 0.326 e. The summed E-state index contributed by atoms with van der Waals surface area (Å²) >= 11 is 0. The second-order valence-corrected chi connectivity index (χ2v) is 19.7. The van der Waals surface area contributed by atoms with Gasteiger partial charge in [-0.15, -0.1) is 0 Å². The summed E-state index contributed by atoms with van der Waals surface area (Å²) < 4.78 is 5.29. The lowest BCUT2D eigenvalue weighted by molar-refractivity contribution is -0.203. The molecule has 0 radical (unpaired) electrons. The topological polar surface area (TPSA) is 95.9 Å². The predicted molar refractivity (Wildman–Crippen MR) is 200 cm³/mol. The van der Waals surface area contributed by atoms with Gasteiger partial charge in [0.1, 0.15) is 11.8 Å². The Morgan fingerprint density at radius 2 is 1.68 bits per heavy atom. The molecule has 50 heavy (non-hydrogen) atoms. The van der Waals surface area contributed by atoms with Crippen molar-refractivity contribution in [2.24, 2.45) is 50.2 Å². The maximum absolute atomic E-state index is 13.1. The van der Waals surface area contributed by atoms with E-state index >= 15 is 0 Å². The number of carboxylic acids is 1. The summed E-state index contributed by atoms with van der Waals surface area (Å²) in [6.07, 6.45) is 18.1. The number of rotatable bonds is 10. The number of aliphatic carboxylic acids is 1. The highest BCUT2D eigenvalue weighted by atomic mass is 16.5. The molecule has 6 nitrogen and oxygen atoms in total. The summed E-state index contributed by atoms with van der Waals surface area (Å²) in [5.41, 5.74) is 3.89. The Hall–Kier alpha value is -2.34. The predicted octanol–water partition coefficient (Wildman–Crippen LogP) is 9.53. The van der Waals surface area contributed by atoms with Crippen LogP contribution in [0, 0.1) is 50.2 Å². The number of hydrogen-bond acceptors (Lipinski definition) is 4. The number of unbranched alkanes of at least 4 members (excludes halogenated alkanes) is 1. The highest BCUT2D eigenvalue weighted by molar-refractivity contribution is 5.83. The van der Waals surface area contributed by atoms with Gasteiger partial charge < -0.3 is 20.3 Å². The van der Waals surface area contributed by atoms with E-state index in [9.17, 15) is 19.8 Å². The molecule has 9 atom stereocenters. The van der Waals surface area contributed by atoms with Crippen LogP contribution in [0.1, 0.15) is 144 Å². The molecule has 4 saturated carbocycles. The number of benzene rings is 1. The van der Waals surface area contributed by atoms with Crippen LogP contribution in [-0.4, -0.2) is 41.3 Å². The summed E-state index contributed by atoms with van der Waals surface area (Å²) in [5.74, 6) is 1.30. The molecule has 1 aromatic carbocycles. The lowest BCUT2D eigenvalue weighted by Crippen LogP contribution is -2.64. The first-order valence-corrected chi connectivity index (χ1v) is 19.9. The third kappa shape index (κ3) is 6.26. The number of methoxy groups -OCH3 is 1. The van der Waals surface area contributed by atoms with E-state index in [4.69, 9.17) is 4.74 Å². The van der Waals surface area contributed by atoms with Gasteiger partial charge in [0.05, 0.1) is 13.2 Å². The van der Waals surface area contributed by atoms with E-state index in [1.54, 1.807) is 12.7 Å². The number of ether oxygens (including phenoxy) is 1. The first-order chi connectivity index (χ1) is 23.4. The van der Waals surface area contributed by atoms with Crippen LogP contribution in [0.15, 0.2) is 35.9 Å². The number of hydrogen-bond donors (Lipinski definition) is 3. The van der Waals surface area contributed by atoms with Crippen molar-refractivity contribution < 1.29 is 24.5 Å². The van der Waals surface area contributed by atoms with Crippen LogP contribution in [-0.2, 0) is 16.0 Å². The van der Waals surface area contributed by atoms with Crippen molar-refractivity contribution in [1.82, 2.24) is 5.32 Å². The third-order valence-corrected chi connectivity index (χ3v) is 16.3. The number of carbonyl (C=O) groups excluding carboxylic acids is 1. The highest BCUT2D eigenvalue weighted by Crippen LogP contribution is 2.76. The number of fused-ring (bicyclic) bond motifs is 7. The number of allylic oxidation sites excluding steroid dienone is 2. The van der Waals surface area contributed by atoms with Crippen LogP contribution in [0.4, 0.5) is 0 Å². The monoisotopic (exact) mass is 690 g/mol. The minimum atomic E-state index is -1.01. The van der Waals surface area contributed by atoms with Gasteiger partial charge in [-0.25, -0.2) is 4.79 Å². The van der Waals surface area contributed by atoms with Crippen LogP contribution in [0.3, 0.4) is 0 Å². The molecule has 1 unspecified atom stereocenters. The molecule has 3 N–H and O–H groups in total. The molecular formula is C44H67NO5. The summed E-state index contributed by atoms with van der Waals surface area (Å²) in [6.45, 7) is 17.5. The van der Waals surface area contributed by atoms with Crippen LogP contribution < -0.4 is 10.1 Å². The number of carboxylic acid groups (broad SMARTS) is 1. The molecule has 0 bridgehead atoms. The summed E-state index contributed by atoms with van der Waals surface area (Å²) in [5, 5.41) is 23.8. The average molecular weight is 690 g/mol. The molecule has 0 saturated heterocycles. The van der Waals surface area contributed by atoms with Crippen LogP contribution in [0.5, 0.6) is 5.75 Å². The summed E-state index contributed by atoms with van der Waals surface area (Å²) in [6, 6.07) is 6.42. The highest BCUT2D eigenvalue weighted by Gasteiger charge is 2.68. The Bertz CT molecular complexity index is 1480. The molecule has 0 heterocycles. The molecule has 6 rings (SSSR count). The molecule has 6 heteroatoms. The number of amides is 1. The van der Waals surface area contributed by atoms with E-state index in [1.165, 1.54) is 51.4 Å². The fourth-order valence-electron chi connectivity index (χ4n) is 13.0. The number of aliphatic hydroxyl groups excluding tert-OH is 1. The minimum Gasteiger partial charge on any atom is -0.497 e. The second kappa shape index (κ2) is 13.3. The third-order valence-electron chi connectivity index (χ3n) is 16.3. The minimum absolute atomic E-state index is 0.0319. The lowest BCUT2D eigenvalue weighted by Gasteiger charge is -2.71. The van der Waals surface area contributed by atoms with Crippen LogP contribution in [0.2, 0.25) is 0 Å². The number of aliphatic hydroxyl groups is 1. The van der Waals surface area contributed by atoms with Crippen molar-refractivity contribution >= 4 is 11.9 Å². The molecule has 5 aliphatic carbocycles. The van der Waals surface area contributed by atoms with Gasteiger partial charge in [-0.1, -0.05) is 78.7 Å². The van der Waals surface area contributed by atoms with Gasteiger partial charge in [-0.05, 0) is 145 Å². The zero-order valence-electron chi connectivity index (χ0n) is 32.5. The molecular weight excluding hydrogens is 622 g/mol. The van der Waals surface area contributed by atoms with Crippen molar-refractivity contribution in [3.8, 4) is 5.75 Å². The van der Waals surface area contributed by atoms with Crippen molar-refractivity contribution in [2.45, 2.75) is 157 Å². The van der Waals surface area contributed by atoms with Gasteiger partial charge in [-0.2, -0.15) is 0 Å². The number of carbonyl (C=O) groups is 2. The molecule has 1 aromatic rings. The zero-order chi connectivity index (χ0) is 36.3. The Labute approximate surface area is 302 Å². The summed E-state index contributed by atoms with van der Waals surface area (Å²) in [7, 11) is 1.59. The van der Waals surface area contributed by atoms with Gasteiger partial charge in [0.15, 0.2) is 0 Å². The Kier molecular flexibility index (Phi) is 9.92. The average Bonchev–Trinajstić information content (AvgIpc) is 3.05. The normalized spacial score (nSPS) is 39.0. The van der Waals surface area contributed by atoms with Crippen LogP contribution >= 0.6 is 0 Å². The van der Waals surface area contributed by atoms with E-state index in [0.29, 0.717) is 35.3 Å². The molecule has 0 aliphatic heterocycles. The Morgan fingerprint density at radius 1 is 0.940 bits per heavy atom. The van der Waals surface area contributed by atoms with Gasteiger partial charge in [-0.3, -0.25) is 4.79 Å². The van der Waals surface area contributed by atoms with E-state index < -0.39 is 12.0 Å². The molecule has 0 aromatic heterocycles. The SMILES string of the molecule is COc1cccc(CC(NC(=O)CCCC[C@]23CCC(C)(C)C[C@H]2C2=CC[C@@H]4[C@@]5(C)CC[C@H](O)C(C)(C)[C@@H]5CC[C@@]4(C)[C@]2(C)CC3)C(=O)O)c1. The second-order valence-electron chi connectivity index (χ2n) is 19.7. The molecule has 5 aliphatic rings. The summed E-state index contributed by atoms with van der Waals surface area (Å²) in [4.78, 5) is 25.1. The quantitative estimate of drug-likeness (QED) is 0.168. The maximum Gasteiger partial charge on any atom is 0.326 e. The fraction of sp³-hybridized carbons (Fsp3) is 0.773. The van der Waals surface area contributed by atoms with Crippen molar-refractivity contribution in [3.05, 3.63) is 41.5 Å². The molecule has 278 valence electrons. The van der Waals surface area contributed by atoms with E-state index in [-0.39, 0.29) is 45.5 Å². The molecule has 1 amide bonds. The first kappa shape index (κ1) is 37.4. The van der Waals surface area contributed by atoms with E-state index in [2.05, 4.69) is 59.9 Å². The largest absolute Gasteiger partial charge is 0.497 e. The van der Waals surface area contributed by atoms with Crippen molar-refractivity contribution in [3.63, 3.8) is 0 Å². The van der Waals surface area contributed by atoms with Gasteiger partial charge in [0, 0.05) is 12.8 Å². The fourth-order valence-corrected chi connectivity index (χ4v) is 13.0. The van der Waals surface area contributed by atoms with Gasteiger partial charge in [0.2, 0.25) is 5.91 Å². The van der Waals surface area contributed by atoms with Gasteiger partial charge in [0.25, 0.3) is 0 Å². The number of nitrogens with one attached hydrogen (secondary N) is 1. The van der Waals surface area contributed by atoms with E-state index in [0.717, 1.165) is 37.7 Å². The van der Waals surface area contributed by atoms with Crippen molar-refractivity contribution in [1.29, 1.82) is 0 Å². The molecule has 4 fully saturated rings. The Morgan fingerprint density at radius 3 is 2.40 bits per heavy atom. The molecule has 0 spiro atoms. The first-order valence-electron chi connectivity index (χ1n) is 19.9.